The number of aryl methyl sites for hydroxylation is 1. The Labute approximate surface area is 172 Å². The summed E-state index contributed by atoms with van der Waals surface area (Å²) in [5.74, 6) is -1.07. The number of halogens is 12. The van der Waals surface area contributed by atoms with Gasteiger partial charge in [-0.3, -0.25) is 0 Å². The summed E-state index contributed by atoms with van der Waals surface area (Å²) in [7, 11) is 0.709. The second kappa shape index (κ2) is 7.77. The molecule has 0 heterocycles. The highest BCUT2D eigenvalue weighted by Crippen LogP contribution is 2.57. The minimum absolute atomic E-state index is 0.0855. The van der Waals surface area contributed by atoms with Crippen molar-refractivity contribution >= 4 is 0 Å². The quantitative estimate of drug-likeness (QED) is 0.411. The summed E-state index contributed by atoms with van der Waals surface area (Å²) in [4.78, 5) is 0. The standard InChI is InChI=1S/C19H12F12O/c1-9-3-4-10(7-12(9)16(20,21)22)15(18(26,27)28,19(29,30)31)11-5-6-14(32-2)13(8-11)17(23,24)25/h3-8H,1-2H3. The van der Waals surface area contributed by atoms with E-state index in [0.29, 0.717) is 13.2 Å². The SMILES string of the molecule is COc1ccc(C(c2ccc(C)c(C(F)(F)F)c2)(C(F)(F)F)C(F)(F)F)cc1C(F)(F)F. The zero-order valence-corrected chi connectivity index (χ0v) is 15.9. The molecule has 0 fully saturated rings. The number of alkyl halides is 12. The molecule has 0 saturated heterocycles. The Hall–Kier alpha value is -2.60. The van der Waals surface area contributed by atoms with Gasteiger partial charge < -0.3 is 4.74 Å². The maximum absolute atomic E-state index is 14.1. The minimum Gasteiger partial charge on any atom is -0.496 e. The van der Waals surface area contributed by atoms with Crippen LogP contribution < -0.4 is 4.74 Å². The Balaban J connectivity index is 3.07. The summed E-state index contributed by atoms with van der Waals surface area (Å²) >= 11 is 0. The fourth-order valence-electron chi connectivity index (χ4n) is 3.31. The summed E-state index contributed by atoms with van der Waals surface area (Å²) in [6.07, 6.45) is -23.5. The molecule has 0 unspecified atom stereocenters. The van der Waals surface area contributed by atoms with Crippen molar-refractivity contribution in [3.63, 3.8) is 0 Å². The molecular formula is C19H12F12O. The van der Waals surface area contributed by atoms with E-state index in [1.54, 1.807) is 0 Å². The average molecular weight is 484 g/mol. The lowest BCUT2D eigenvalue weighted by Crippen LogP contribution is -2.55. The van der Waals surface area contributed by atoms with Gasteiger partial charge in [-0.25, -0.2) is 0 Å². The second-order valence-corrected chi connectivity index (χ2v) is 6.69. The van der Waals surface area contributed by atoms with E-state index in [4.69, 9.17) is 0 Å². The molecule has 0 aliphatic rings. The van der Waals surface area contributed by atoms with Gasteiger partial charge in [0.25, 0.3) is 0 Å². The van der Waals surface area contributed by atoms with E-state index in [1.165, 1.54) is 0 Å². The first-order valence-electron chi connectivity index (χ1n) is 8.36. The van der Waals surface area contributed by atoms with Gasteiger partial charge in [-0.15, -0.1) is 0 Å². The van der Waals surface area contributed by atoms with Crippen LogP contribution in [0.4, 0.5) is 52.7 Å². The molecule has 0 spiro atoms. The molecule has 178 valence electrons. The summed E-state index contributed by atoms with van der Waals surface area (Å²) in [5, 5.41) is 0. The van der Waals surface area contributed by atoms with Crippen LogP contribution in [-0.4, -0.2) is 19.5 Å². The van der Waals surface area contributed by atoms with E-state index in [1.807, 2.05) is 0 Å². The molecule has 13 heteroatoms. The van der Waals surface area contributed by atoms with Gasteiger partial charge in [0.15, 0.2) is 0 Å². The van der Waals surface area contributed by atoms with Crippen LogP contribution in [0.2, 0.25) is 0 Å². The van der Waals surface area contributed by atoms with Crippen molar-refractivity contribution in [1.82, 2.24) is 0 Å². The van der Waals surface area contributed by atoms with E-state index < -0.39 is 69.8 Å². The molecule has 0 aliphatic carbocycles. The fraction of sp³-hybridized carbons (Fsp3) is 0.368. The summed E-state index contributed by atoms with van der Waals surface area (Å²) in [5.41, 5.74) is -13.5. The van der Waals surface area contributed by atoms with Crippen LogP contribution >= 0.6 is 0 Å². The van der Waals surface area contributed by atoms with Gasteiger partial charge in [-0.1, -0.05) is 18.2 Å². The Kier molecular flexibility index (Phi) is 6.23. The highest BCUT2D eigenvalue weighted by Gasteiger charge is 2.73. The van der Waals surface area contributed by atoms with Gasteiger partial charge in [-0.2, -0.15) is 52.7 Å². The van der Waals surface area contributed by atoms with E-state index in [9.17, 15) is 52.7 Å². The Bertz CT molecular complexity index is 966. The number of hydrogen-bond donors (Lipinski definition) is 0. The van der Waals surface area contributed by atoms with Crippen molar-refractivity contribution < 1.29 is 57.4 Å². The van der Waals surface area contributed by atoms with E-state index in [2.05, 4.69) is 4.74 Å². The molecule has 32 heavy (non-hydrogen) atoms. The van der Waals surface area contributed by atoms with E-state index in [-0.39, 0.29) is 24.3 Å². The number of rotatable bonds is 3. The van der Waals surface area contributed by atoms with Crippen molar-refractivity contribution in [3.05, 3.63) is 64.2 Å². The van der Waals surface area contributed by atoms with E-state index in [0.717, 1.165) is 6.92 Å². The molecule has 0 atom stereocenters. The maximum Gasteiger partial charge on any atom is 0.419 e. The first-order chi connectivity index (χ1) is 14.3. The third-order valence-electron chi connectivity index (χ3n) is 4.76. The summed E-state index contributed by atoms with van der Waals surface area (Å²) in [6, 6.07) is 0.0911. The number of benzene rings is 2. The van der Waals surface area contributed by atoms with E-state index >= 15 is 0 Å². The predicted molar refractivity (Wildman–Crippen MR) is 87.1 cm³/mol. The minimum atomic E-state index is -6.37. The molecule has 0 saturated carbocycles. The van der Waals surface area contributed by atoms with Crippen molar-refractivity contribution in [1.29, 1.82) is 0 Å². The van der Waals surface area contributed by atoms with Gasteiger partial charge in [0, 0.05) is 0 Å². The highest BCUT2D eigenvalue weighted by atomic mass is 19.4. The molecule has 2 aromatic carbocycles. The van der Waals surface area contributed by atoms with Crippen LogP contribution in [0.5, 0.6) is 5.75 Å². The number of ether oxygens (including phenoxy) is 1. The summed E-state index contributed by atoms with van der Waals surface area (Å²) in [6.45, 7) is 0.810. The van der Waals surface area contributed by atoms with Crippen LogP contribution in [-0.2, 0) is 17.8 Å². The van der Waals surface area contributed by atoms with Crippen LogP contribution in [0.1, 0.15) is 27.8 Å². The molecule has 0 bridgehead atoms. The van der Waals surface area contributed by atoms with Crippen molar-refractivity contribution in [2.75, 3.05) is 7.11 Å². The average Bonchev–Trinajstić information content (AvgIpc) is 2.59. The maximum atomic E-state index is 14.1. The number of hydrogen-bond acceptors (Lipinski definition) is 1. The zero-order chi connectivity index (χ0) is 24.9. The van der Waals surface area contributed by atoms with Crippen molar-refractivity contribution in [2.45, 2.75) is 37.0 Å². The Morgan fingerprint density at radius 2 is 1.00 bits per heavy atom. The number of methoxy groups -OCH3 is 1. The topological polar surface area (TPSA) is 9.23 Å². The van der Waals surface area contributed by atoms with Crippen LogP contribution in [0, 0.1) is 6.92 Å². The molecule has 1 nitrogen and oxygen atoms in total. The third kappa shape index (κ3) is 4.20. The van der Waals surface area contributed by atoms with Crippen LogP contribution in [0.25, 0.3) is 0 Å². The normalized spacial score (nSPS) is 13.9. The molecule has 2 rings (SSSR count). The van der Waals surface area contributed by atoms with Gasteiger partial charge in [0.1, 0.15) is 5.75 Å². The fourth-order valence-corrected chi connectivity index (χ4v) is 3.31. The van der Waals surface area contributed by atoms with Crippen LogP contribution in [0.3, 0.4) is 0 Å². The van der Waals surface area contributed by atoms with Gasteiger partial charge >= 0.3 is 24.7 Å². The molecule has 0 aliphatic heterocycles. The molecular weight excluding hydrogens is 472 g/mol. The Morgan fingerprint density at radius 3 is 1.38 bits per heavy atom. The Morgan fingerprint density at radius 1 is 0.594 bits per heavy atom. The second-order valence-electron chi connectivity index (χ2n) is 6.69. The largest absolute Gasteiger partial charge is 0.496 e. The lowest BCUT2D eigenvalue weighted by Gasteiger charge is -2.39. The van der Waals surface area contributed by atoms with Crippen molar-refractivity contribution in [2.24, 2.45) is 0 Å². The molecule has 2 aromatic rings. The predicted octanol–water partition coefficient (Wildman–Crippen LogP) is 7.45. The monoisotopic (exact) mass is 484 g/mol. The lowest BCUT2D eigenvalue weighted by atomic mass is 9.71. The molecule has 0 aromatic heterocycles. The molecule has 0 radical (unpaired) electrons. The lowest BCUT2D eigenvalue weighted by molar-refractivity contribution is -0.288. The zero-order valence-electron chi connectivity index (χ0n) is 15.9. The van der Waals surface area contributed by atoms with Gasteiger partial charge in [-0.05, 0) is 41.8 Å². The van der Waals surface area contributed by atoms with Crippen LogP contribution in [0.15, 0.2) is 36.4 Å². The molecule has 0 N–H and O–H groups in total. The molecule has 0 amide bonds. The smallest absolute Gasteiger partial charge is 0.419 e. The first kappa shape index (κ1) is 25.7. The van der Waals surface area contributed by atoms with Gasteiger partial charge in [0.2, 0.25) is 5.41 Å². The van der Waals surface area contributed by atoms with Crippen molar-refractivity contribution in [3.8, 4) is 5.75 Å². The van der Waals surface area contributed by atoms with Gasteiger partial charge in [0.05, 0.1) is 18.2 Å². The first-order valence-corrected chi connectivity index (χ1v) is 8.36. The summed E-state index contributed by atoms with van der Waals surface area (Å²) < 4.78 is 168. The highest BCUT2D eigenvalue weighted by molar-refractivity contribution is 5.51. The third-order valence-corrected chi connectivity index (χ3v) is 4.76.